The maximum Gasteiger partial charge on any atom is 0.274 e. The second-order valence-corrected chi connectivity index (χ2v) is 6.42. The molecule has 0 radical (unpaired) electrons. The van der Waals surface area contributed by atoms with Crippen molar-refractivity contribution in [2.75, 3.05) is 45.2 Å². The van der Waals surface area contributed by atoms with E-state index < -0.39 is 0 Å². The number of carbonyl (C=O) groups is 1. The monoisotopic (exact) mass is 303 g/mol. The lowest BCUT2D eigenvalue weighted by Crippen LogP contribution is -2.44. The van der Waals surface area contributed by atoms with E-state index in [-0.39, 0.29) is 5.91 Å². The average molecular weight is 303 g/mol. The Bertz CT molecular complexity index is 504. The fourth-order valence-corrected chi connectivity index (χ4v) is 3.28. The lowest BCUT2D eigenvalue weighted by molar-refractivity contribution is 0.0652. The Morgan fingerprint density at radius 3 is 2.41 bits per heavy atom. The van der Waals surface area contributed by atoms with Gasteiger partial charge < -0.3 is 14.7 Å². The quantitative estimate of drug-likeness (QED) is 0.841. The van der Waals surface area contributed by atoms with Crippen molar-refractivity contribution in [3.8, 4) is 0 Å². The molecule has 2 aliphatic heterocycles. The van der Waals surface area contributed by atoms with Gasteiger partial charge >= 0.3 is 0 Å². The van der Waals surface area contributed by atoms with Gasteiger partial charge in [0.25, 0.3) is 5.91 Å². The minimum Gasteiger partial charge on any atom is -0.355 e. The smallest absolute Gasteiger partial charge is 0.274 e. The first kappa shape index (κ1) is 15.2. The number of rotatable bonds is 3. The summed E-state index contributed by atoms with van der Waals surface area (Å²) in [7, 11) is 4.01. The molecule has 0 bridgehead atoms. The summed E-state index contributed by atoms with van der Waals surface area (Å²) in [6.45, 7) is 4.17. The molecule has 1 aromatic heterocycles. The minimum atomic E-state index is -0.0185. The number of carbonyl (C=O) groups excluding carboxylic acids is 1. The summed E-state index contributed by atoms with van der Waals surface area (Å²) in [5.41, 5.74) is 0.448. The summed E-state index contributed by atoms with van der Waals surface area (Å²) in [5, 5.41) is 8.40. The summed E-state index contributed by atoms with van der Waals surface area (Å²) in [5.74, 6) is 0.867. The lowest BCUT2D eigenvalue weighted by Gasteiger charge is -2.34. The van der Waals surface area contributed by atoms with Crippen LogP contribution >= 0.6 is 0 Å². The average Bonchev–Trinajstić information content (AvgIpc) is 3.09. The van der Waals surface area contributed by atoms with Gasteiger partial charge in [0, 0.05) is 26.2 Å². The first-order valence-electron chi connectivity index (χ1n) is 8.19. The molecule has 0 saturated carbocycles. The molecule has 3 heterocycles. The van der Waals surface area contributed by atoms with Gasteiger partial charge in [-0.3, -0.25) is 4.79 Å². The third kappa shape index (κ3) is 3.21. The van der Waals surface area contributed by atoms with Crippen molar-refractivity contribution >= 4 is 11.7 Å². The number of hydrogen-bond donors (Lipinski definition) is 0. The molecule has 0 unspecified atom stereocenters. The number of aromatic nitrogens is 2. The molecule has 0 aliphatic carbocycles. The second kappa shape index (κ2) is 6.60. The number of anilines is 1. The van der Waals surface area contributed by atoms with E-state index in [1.165, 1.54) is 12.8 Å². The molecular weight excluding hydrogens is 278 g/mol. The van der Waals surface area contributed by atoms with Crippen LogP contribution in [0.2, 0.25) is 0 Å². The summed E-state index contributed by atoms with van der Waals surface area (Å²) < 4.78 is 0. The van der Waals surface area contributed by atoms with Crippen LogP contribution in [0, 0.1) is 0 Å². The zero-order valence-electron chi connectivity index (χ0n) is 13.5. The molecular formula is C16H25N5O. The van der Waals surface area contributed by atoms with Gasteiger partial charge in [-0.05, 0) is 58.0 Å². The molecule has 0 spiro atoms. The number of likely N-dealkylation sites (tertiary alicyclic amines) is 1. The van der Waals surface area contributed by atoms with Crippen molar-refractivity contribution in [1.29, 1.82) is 0 Å². The van der Waals surface area contributed by atoms with E-state index in [9.17, 15) is 4.79 Å². The molecule has 0 atom stereocenters. The Balaban J connectivity index is 1.63. The van der Waals surface area contributed by atoms with Crippen LogP contribution in [0.4, 0.5) is 5.82 Å². The Morgan fingerprint density at radius 2 is 1.82 bits per heavy atom. The zero-order valence-corrected chi connectivity index (χ0v) is 13.5. The normalized spacial score (nSPS) is 20.4. The van der Waals surface area contributed by atoms with E-state index in [4.69, 9.17) is 0 Å². The van der Waals surface area contributed by atoms with E-state index in [0.717, 1.165) is 44.8 Å². The summed E-state index contributed by atoms with van der Waals surface area (Å²) in [6, 6.07) is 4.05. The van der Waals surface area contributed by atoms with Crippen molar-refractivity contribution in [3.63, 3.8) is 0 Å². The predicted octanol–water partition coefficient (Wildman–Crippen LogP) is 1.24. The van der Waals surface area contributed by atoms with Gasteiger partial charge in [0.05, 0.1) is 0 Å². The SMILES string of the molecule is CN1CCC(N(C)C(=O)c2ccc(N3CCCC3)nn2)CC1. The third-order valence-corrected chi connectivity index (χ3v) is 4.86. The Labute approximate surface area is 132 Å². The van der Waals surface area contributed by atoms with E-state index >= 15 is 0 Å². The lowest BCUT2D eigenvalue weighted by atomic mass is 10.0. The van der Waals surface area contributed by atoms with Crippen molar-refractivity contribution in [2.45, 2.75) is 31.7 Å². The summed E-state index contributed by atoms with van der Waals surface area (Å²) >= 11 is 0. The fraction of sp³-hybridized carbons (Fsp3) is 0.688. The molecule has 120 valence electrons. The van der Waals surface area contributed by atoms with Gasteiger partial charge in [-0.25, -0.2) is 0 Å². The van der Waals surface area contributed by atoms with Crippen molar-refractivity contribution in [1.82, 2.24) is 20.0 Å². The molecule has 2 fully saturated rings. The molecule has 6 nitrogen and oxygen atoms in total. The third-order valence-electron chi connectivity index (χ3n) is 4.86. The Morgan fingerprint density at radius 1 is 1.14 bits per heavy atom. The molecule has 2 aliphatic rings. The highest BCUT2D eigenvalue weighted by molar-refractivity contribution is 5.92. The van der Waals surface area contributed by atoms with Crippen molar-refractivity contribution < 1.29 is 4.79 Å². The van der Waals surface area contributed by atoms with E-state index in [0.29, 0.717) is 11.7 Å². The van der Waals surface area contributed by atoms with Crippen LogP contribution in [0.25, 0.3) is 0 Å². The van der Waals surface area contributed by atoms with Crippen LogP contribution in [0.5, 0.6) is 0 Å². The van der Waals surface area contributed by atoms with Crippen LogP contribution < -0.4 is 4.90 Å². The molecule has 3 rings (SSSR count). The first-order valence-corrected chi connectivity index (χ1v) is 8.19. The second-order valence-electron chi connectivity index (χ2n) is 6.42. The molecule has 0 aromatic carbocycles. The largest absolute Gasteiger partial charge is 0.355 e. The number of piperidine rings is 1. The number of amides is 1. The van der Waals surface area contributed by atoms with Gasteiger partial charge in [0.2, 0.25) is 0 Å². The minimum absolute atomic E-state index is 0.0185. The van der Waals surface area contributed by atoms with Gasteiger partial charge in [0.15, 0.2) is 11.5 Å². The van der Waals surface area contributed by atoms with Crippen molar-refractivity contribution in [2.24, 2.45) is 0 Å². The number of nitrogens with zero attached hydrogens (tertiary/aromatic N) is 5. The topological polar surface area (TPSA) is 52.6 Å². The van der Waals surface area contributed by atoms with Crippen LogP contribution in [0.3, 0.4) is 0 Å². The van der Waals surface area contributed by atoms with Crippen LogP contribution in [0.15, 0.2) is 12.1 Å². The maximum absolute atomic E-state index is 12.6. The highest BCUT2D eigenvalue weighted by Gasteiger charge is 2.25. The number of hydrogen-bond acceptors (Lipinski definition) is 5. The predicted molar refractivity (Wildman–Crippen MR) is 86.1 cm³/mol. The molecule has 0 N–H and O–H groups in total. The van der Waals surface area contributed by atoms with Crippen LogP contribution in [0.1, 0.15) is 36.2 Å². The zero-order chi connectivity index (χ0) is 15.5. The van der Waals surface area contributed by atoms with E-state index in [1.807, 2.05) is 24.1 Å². The van der Waals surface area contributed by atoms with Gasteiger partial charge in [0.1, 0.15) is 0 Å². The fourth-order valence-electron chi connectivity index (χ4n) is 3.28. The summed E-state index contributed by atoms with van der Waals surface area (Å²) in [4.78, 5) is 18.9. The first-order chi connectivity index (χ1) is 10.6. The Kier molecular flexibility index (Phi) is 4.57. The van der Waals surface area contributed by atoms with Crippen LogP contribution in [-0.4, -0.2) is 72.2 Å². The molecule has 1 amide bonds. The van der Waals surface area contributed by atoms with Gasteiger partial charge in [-0.15, -0.1) is 10.2 Å². The Hall–Kier alpha value is -1.69. The van der Waals surface area contributed by atoms with Crippen LogP contribution in [-0.2, 0) is 0 Å². The molecule has 22 heavy (non-hydrogen) atoms. The molecule has 6 heteroatoms. The van der Waals surface area contributed by atoms with E-state index in [2.05, 4.69) is 27.0 Å². The van der Waals surface area contributed by atoms with Gasteiger partial charge in [-0.2, -0.15) is 0 Å². The van der Waals surface area contributed by atoms with Crippen molar-refractivity contribution in [3.05, 3.63) is 17.8 Å². The maximum atomic E-state index is 12.6. The van der Waals surface area contributed by atoms with E-state index in [1.54, 1.807) is 0 Å². The standard InChI is InChI=1S/C16H25N5O/c1-19-11-7-13(8-12-19)20(2)16(22)14-5-6-15(18-17-14)21-9-3-4-10-21/h5-6,13H,3-4,7-12H2,1-2H3. The highest BCUT2D eigenvalue weighted by atomic mass is 16.2. The summed E-state index contributed by atoms with van der Waals surface area (Å²) in [6.07, 6.45) is 4.47. The molecule has 2 saturated heterocycles. The van der Waals surface area contributed by atoms with Gasteiger partial charge in [-0.1, -0.05) is 0 Å². The highest BCUT2D eigenvalue weighted by Crippen LogP contribution is 2.19. The molecule has 1 aromatic rings.